The summed E-state index contributed by atoms with van der Waals surface area (Å²) >= 11 is 0. The molecule has 0 spiro atoms. The maximum atomic E-state index is 14.1. The number of nitrogens with zero attached hydrogens (tertiary/aromatic N) is 3. The zero-order valence-corrected chi connectivity index (χ0v) is 14.6. The normalized spacial score (nSPS) is 17.7. The molecule has 1 saturated heterocycles. The lowest BCUT2D eigenvalue weighted by atomic mass is 10.1. The summed E-state index contributed by atoms with van der Waals surface area (Å²) in [6, 6.07) is 1.37. The van der Waals surface area contributed by atoms with Crippen LogP contribution >= 0.6 is 12.4 Å². The summed E-state index contributed by atoms with van der Waals surface area (Å²) in [4.78, 5) is 18.3. The molecule has 142 valence electrons. The Labute approximate surface area is 153 Å². The summed E-state index contributed by atoms with van der Waals surface area (Å²) in [5.74, 6) is -1.18. The molecule has 0 saturated carbocycles. The standard InChI is InChI=1S/C16H16F4N4O.ClH/c1-23-6-5-22-14(23)13-9-21-4-7-24(13)15(25)11-8-10(16(18,19)20)2-3-12(11)17;/h2-3,5-6,8,13,21H,4,7,9H2,1H3;1H. The van der Waals surface area contributed by atoms with Crippen LogP contribution in [-0.2, 0) is 13.2 Å². The number of alkyl halides is 3. The van der Waals surface area contributed by atoms with Crippen molar-refractivity contribution in [2.24, 2.45) is 7.05 Å². The van der Waals surface area contributed by atoms with Crippen molar-refractivity contribution in [1.29, 1.82) is 0 Å². The Hall–Kier alpha value is -2.13. The minimum atomic E-state index is -4.65. The van der Waals surface area contributed by atoms with E-state index in [1.54, 1.807) is 24.0 Å². The van der Waals surface area contributed by atoms with Gasteiger partial charge in [0, 0.05) is 39.1 Å². The first-order valence-corrected chi connectivity index (χ1v) is 7.64. The first-order chi connectivity index (χ1) is 11.8. The van der Waals surface area contributed by atoms with Gasteiger partial charge in [0.05, 0.1) is 11.1 Å². The number of imidazole rings is 1. The molecule has 1 aromatic heterocycles. The van der Waals surface area contributed by atoms with E-state index in [1.165, 1.54) is 4.90 Å². The highest BCUT2D eigenvalue weighted by atomic mass is 35.5. The highest BCUT2D eigenvalue weighted by Crippen LogP contribution is 2.31. The molecule has 1 amide bonds. The summed E-state index contributed by atoms with van der Waals surface area (Å²) < 4.78 is 54.4. The van der Waals surface area contributed by atoms with Crippen LogP contribution in [0.5, 0.6) is 0 Å². The molecule has 1 aliphatic heterocycles. The van der Waals surface area contributed by atoms with E-state index in [1.807, 2.05) is 0 Å². The predicted molar refractivity (Wildman–Crippen MR) is 88.5 cm³/mol. The van der Waals surface area contributed by atoms with Gasteiger partial charge in [0.15, 0.2) is 0 Å². The molecular weight excluding hydrogens is 376 g/mol. The van der Waals surface area contributed by atoms with Crippen LogP contribution in [0.3, 0.4) is 0 Å². The van der Waals surface area contributed by atoms with Gasteiger partial charge in [-0.3, -0.25) is 4.79 Å². The summed E-state index contributed by atoms with van der Waals surface area (Å²) in [5, 5.41) is 3.12. The van der Waals surface area contributed by atoms with Crippen LogP contribution < -0.4 is 5.32 Å². The van der Waals surface area contributed by atoms with Crippen LogP contribution in [-0.4, -0.2) is 40.0 Å². The van der Waals surface area contributed by atoms with Crippen molar-refractivity contribution in [3.63, 3.8) is 0 Å². The number of amides is 1. The van der Waals surface area contributed by atoms with Gasteiger partial charge in [-0.05, 0) is 18.2 Å². The minimum absolute atomic E-state index is 0. The third-order valence-electron chi connectivity index (χ3n) is 4.18. The second kappa shape index (κ2) is 7.63. The monoisotopic (exact) mass is 392 g/mol. The second-order valence-corrected chi connectivity index (χ2v) is 5.81. The van der Waals surface area contributed by atoms with Crippen molar-refractivity contribution >= 4 is 18.3 Å². The summed E-state index contributed by atoms with van der Waals surface area (Å²) in [6.45, 7) is 1.09. The molecule has 3 rings (SSSR count). The average molecular weight is 393 g/mol. The molecule has 26 heavy (non-hydrogen) atoms. The molecule has 2 heterocycles. The third kappa shape index (κ3) is 3.83. The molecule has 10 heteroatoms. The summed E-state index contributed by atoms with van der Waals surface area (Å²) in [5.41, 5.74) is -1.64. The second-order valence-electron chi connectivity index (χ2n) is 5.81. The number of hydrogen-bond acceptors (Lipinski definition) is 3. The van der Waals surface area contributed by atoms with Crippen LogP contribution in [0.4, 0.5) is 17.6 Å². The van der Waals surface area contributed by atoms with Gasteiger partial charge in [-0.1, -0.05) is 0 Å². The van der Waals surface area contributed by atoms with Gasteiger partial charge in [-0.2, -0.15) is 13.2 Å². The van der Waals surface area contributed by atoms with E-state index in [0.29, 0.717) is 37.1 Å². The Bertz CT molecular complexity index is 793. The van der Waals surface area contributed by atoms with Gasteiger partial charge < -0.3 is 14.8 Å². The van der Waals surface area contributed by atoms with Crippen LogP contribution in [0.15, 0.2) is 30.6 Å². The number of nitrogens with one attached hydrogen (secondary N) is 1. The lowest BCUT2D eigenvalue weighted by Gasteiger charge is -2.36. The number of piperazine rings is 1. The van der Waals surface area contributed by atoms with Gasteiger partial charge >= 0.3 is 6.18 Å². The average Bonchev–Trinajstić information content (AvgIpc) is 2.99. The number of hydrogen-bond donors (Lipinski definition) is 1. The Morgan fingerprint density at radius 1 is 1.35 bits per heavy atom. The van der Waals surface area contributed by atoms with Gasteiger partial charge in [-0.25, -0.2) is 9.37 Å². The first-order valence-electron chi connectivity index (χ1n) is 7.64. The topological polar surface area (TPSA) is 50.2 Å². The molecule has 5 nitrogen and oxygen atoms in total. The Morgan fingerprint density at radius 2 is 2.08 bits per heavy atom. The molecule has 0 radical (unpaired) electrons. The van der Waals surface area contributed by atoms with Crippen LogP contribution in [0, 0.1) is 5.82 Å². The van der Waals surface area contributed by atoms with Crippen LogP contribution in [0.2, 0.25) is 0 Å². The number of benzene rings is 1. The predicted octanol–water partition coefficient (Wildman–Crippen LogP) is 2.79. The van der Waals surface area contributed by atoms with Crippen molar-refractivity contribution in [2.45, 2.75) is 12.2 Å². The quantitative estimate of drug-likeness (QED) is 0.800. The fourth-order valence-corrected chi connectivity index (χ4v) is 2.90. The summed E-state index contributed by atoms with van der Waals surface area (Å²) in [6.07, 6.45) is -1.37. The van der Waals surface area contributed by atoms with Gasteiger partial charge in [0.2, 0.25) is 0 Å². The van der Waals surface area contributed by atoms with Gasteiger partial charge in [-0.15, -0.1) is 12.4 Å². The molecule has 1 atom stereocenters. The van der Waals surface area contributed by atoms with E-state index in [4.69, 9.17) is 0 Å². The molecule has 1 unspecified atom stereocenters. The molecule has 0 bridgehead atoms. The SMILES string of the molecule is Cl.Cn1ccnc1C1CNCCN1C(=O)c1cc(C(F)(F)F)ccc1F. The minimum Gasteiger partial charge on any atom is -0.336 e. The third-order valence-corrected chi connectivity index (χ3v) is 4.18. The van der Waals surface area contributed by atoms with Crippen molar-refractivity contribution in [1.82, 2.24) is 19.8 Å². The number of halogens is 5. The number of carbonyl (C=O) groups excluding carboxylic acids is 1. The van der Waals surface area contributed by atoms with E-state index < -0.39 is 35.1 Å². The molecule has 1 aromatic carbocycles. The van der Waals surface area contributed by atoms with E-state index in [9.17, 15) is 22.4 Å². The van der Waals surface area contributed by atoms with E-state index in [0.717, 1.165) is 0 Å². The fourth-order valence-electron chi connectivity index (χ4n) is 2.90. The Morgan fingerprint density at radius 3 is 2.69 bits per heavy atom. The summed E-state index contributed by atoms with van der Waals surface area (Å²) in [7, 11) is 1.75. The van der Waals surface area contributed by atoms with Crippen molar-refractivity contribution < 1.29 is 22.4 Å². The molecule has 1 N–H and O–H groups in total. The number of aryl methyl sites for hydroxylation is 1. The number of carbonyl (C=O) groups is 1. The van der Waals surface area contributed by atoms with Crippen molar-refractivity contribution in [3.05, 3.63) is 53.4 Å². The molecule has 1 aliphatic rings. The van der Waals surface area contributed by atoms with Crippen molar-refractivity contribution in [3.8, 4) is 0 Å². The van der Waals surface area contributed by atoms with Crippen molar-refractivity contribution in [2.75, 3.05) is 19.6 Å². The highest BCUT2D eigenvalue weighted by molar-refractivity contribution is 5.95. The van der Waals surface area contributed by atoms with Crippen LogP contribution in [0.1, 0.15) is 27.8 Å². The smallest absolute Gasteiger partial charge is 0.336 e. The Kier molecular flexibility index (Phi) is 5.92. The molecule has 1 fully saturated rings. The lowest BCUT2D eigenvalue weighted by molar-refractivity contribution is -0.137. The molecule has 2 aromatic rings. The first kappa shape index (κ1) is 20.2. The zero-order valence-electron chi connectivity index (χ0n) is 13.8. The largest absolute Gasteiger partial charge is 0.416 e. The highest BCUT2D eigenvalue weighted by Gasteiger charge is 2.35. The lowest BCUT2D eigenvalue weighted by Crippen LogP contribution is -2.49. The van der Waals surface area contributed by atoms with Crippen LogP contribution in [0.25, 0.3) is 0 Å². The van der Waals surface area contributed by atoms with E-state index in [-0.39, 0.29) is 19.0 Å². The van der Waals surface area contributed by atoms with Gasteiger partial charge in [0.1, 0.15) is 17.7 Å². The maximum absolute atomic E-state index is 14.1. The molecule has 0 aliphatic carbocycles. The number of rotatable bonds is 2. The Balaban J connectivity index is 0.00000243. The molecular formula is C16H17ClF4N4O. The maximum Gasteiger partial charge on any atom is 0.416 e. The van der Waals surface area contributed by atoms with E-state index in [2.05, 4.69) is 10.3 Å². The zero-order chi connectivity index (χ0) is 18.2. The fraction of sp³-hybridized carbons (Fsp3) is 0.375. The number of aromatic nitrogens is 2. The van der Waals surface area contributed by atoms with Gasteiger partial charge in [0.25, 0.3) is 5.91 Å². The van der Waals surface area contributed by atoms with E-state index >= 15 is 0 Å².